The minimum absolute atomic E-state index is 0.220. The fourth-order valence-electron chi connectivity index (χ4n) is 4.09. The van der Waals surface area contributed by atoms with Crippen LogP contribution in [-0.2, 0) is 4.74 Å². The highest BCUT2D eigenvalue weighted by atomic mass is 19.2. The number of hydrogen-bond acceptors (Lipinski definition) is 7. The van der Waals surface area contributed by atoms with E-state index in [1.54, 1.807) is 18.3 Å². The Labute approximate surface area is 209 Å². The van der Waals surface area contributed by atoms with Crippen molar-refractivity contribution < 1.29 is 18.3 Å². The van der Waals surface area contributed by atoms with Gasteiger partial charge >= 0.3 is 0 Å². The molecule has 192 valence electrons. The van der Waals surface area contributed by atoms with Crippen molar-refractivity contribution in [3.8, 4) is 0 Å². The second-order valence-electron chi connectivity index (χ2n) is 9.12. The zero-order valence-corrected chi connectivity index (χ0v) is 20.8. The summed E-state index contributed by atoms with van der Waals surface area (Å²) >= 11 is 0. The summed E-state index contributed by atoms with van der Waals surface area (Å²) in [6.07, 6.45) is 1.71. The number of anilines is 2. The van der Waals surface area contributed by atoms with Crippen molar-refractivity contribution in [3.63, 3.8) is 0 Å². The molecule has 10 heteroatoms. The van der Waals surface area contributed by atoms with Gasteiger partial charge in [0, 0.05) is 55.1 Å². The number of rotatable bonds is 9. The number of carbonyl (C=O) groups excluding carboxylic acids is 1. The van der Waals surface area contributed by atoms with E-state index in [9.17, 15) is 13.6 Å². The average Bonchev–Trinajstić information content (AvgIpc) is 2.88. The number of ether oxygens (including phenoxy) is 1. The first-order valence-electron chi connectivity index (χ1n) is 12.2. The summed E-state index contributed by atoms with van der Waals surface area (Å²) < 4.78 is 32.7. The van der Waals surface area contributed by atoms with E-state index in [1.165, 1.54) is 6.07 Å². The van der Waals surface area contributed by atoms with Crippen LogP contribution in [0.4, 0.5) is 20.3 Å². The van der Waals surface area contributed by atoms with E-state index in [2.05, 4.69) is 25.8 Å². The van der Waals surface area contributed by atoms with Gasteiger partial charge < -0.3 is 25.6 Å². The van der Waals surface area contributed by atoms with Gasteiger partial charge in [-0.1, -0.05) is 13.8 Å². The molecule has 1 atom stereocenters. The Morgan fingerprint density at radius 1 is 1.08 bits per heavy atom. The minimum atomic E-state index is -0.936. The smallest absolute Gasteiger partial charge is 0.251 e. The zero-order valence-electron chi connectivity index (χ0n) is 20.8. The normalized spacial score (nSPS) is 14.8. The lowest BCUT2D eigenvalue weighted by atomic mass is 10.0. The topological polar surface area (TPSA) is 91.4 Å². The van der Waals surface area contributed by atoms with E-state index in [4.69, 9.17) is 9.72 Å². The Hall–Kier alpha value is -3.37. The van der Waals surface area contributed by atoms with Crippen LogP contribution in [0, 0.1) is 11.6 Å². The van der Waals surface area contributed by atoms with Crippen LogP contribution in [0.2, 0.25) is 0 Å². The van der Waals surface area contributed by atoms with Gasteiger partial charge in [0.1, 0.15) is 5.82 Å². The van der Waals surface area contributed by atoms with Gasteiger partial charge in [0.05, 0.1) is 36.5 Å². The van der Waals surface area contributed by atoms with Gasteiger partial charge in [0.2, 0.25) is 0 Å². The van der Waals surface area contributed by atoms with Gasteiger partial charge in [-0.3, -0.25) is 9.78 Å². The highest BCUT2D eigenvalue weighted by molar-refractivity contribution is 5.98. The number of fused-ring (bicyclic) bond motifs is 1. The van der Waals surface area contributed by atoms with Crippen molar-refractivity contribution >= 4 is 28.4 Å². The first kappa shape index (κ1) is 25.7. The molecule has 1 unspecified atom stereocenters. The van der Waals surface area contributed by atoms with Crippen molar-refractivity contribution in [2.45, 2.75) is 32.9 Å². The SMILES string of the molecule is CC(C)NCCNC(=O)c1cc(C(C)Nc2ccc(F)c(F)c2)c2nc(N3CCOCC3)cnc2c1. The fraction of sp³-hybridized carbons (Fsp3) is 0.423. The Kier molecular flexibility index (Phi) is 8.27. The number of nitrogens with one attached hydrogen (secondary N) is 3. The quantitative estimate of drug-likeness (QED) is 0.388. The third-order valence-corrected chi connectivity index (χ3v) is 5.99. The summed E-state index contributed by atoms with van der Waals surface area (Å²) in [6, 6.07) is 7.12. The number of halogens is 2. The number of amides is 1. The molecule has 1 aliphatic rings. The molecular formula is C26H32F2N6O2. The Balaban J connectivity index is 1.66. The summed E-state index contributed by atoms with van der Waals surface area (Å²) in [7, 11) is 0. The van der Waals surface area contributed by atoms with Gasteiger partial charge in [0.25, 0.3) is 5.91 Å². The molecule has 1 saturated heterocycles. The van der Waals surface area contributed by atoms with E-state index in [0.29, 0.717) is 67.7 Å². The largest absolute Gasteiger partial charge is 0.378 e. The number of hydrogen-bond donors (Lipinski definition) is 3. The number of benzene rings is 2. The molecule has 0 aliphatic carbocycles. The molecule has 3 aromatic rings. The lowest BCUT2D eigenvalue weighted by Gasteiger charge is -2.28. The Morgan fingerprint density at radius 3 is 2.58 bits per heavy atom. The molecule has 1 fully saturated rings. The standard InChI is InChI=1S/C26H32F2N6O2/c1-16(2)29-6-7-30-26(35)18-12-20(17(3)32-19-4-5-21(27)22(28)14-19)25-23(13-18)31-15-24(33-25)34-8-10-36-11-9-34/h4-5,12-17,29,32H,6-11H2,1-3H3,(H,30,35). The first-order chi connectivity index (χ1) is 17.3. The van der Waals surface area contributed by atoms with Gasteiger partial charge in [0.15, 0.2) is 11.6 Å². The molecule has 8 nitrogen and oxygen atoms in total. The molecule has 1 aliphatic heterocycles. The molecule has 2 aromatic carbocycles. The van der Waals surface area contributed by atoms with Gasteiger partial charge in [-0.05, 0) is 31.2 Å². The van der Waals surface area contributed by atoms with Gasteiger partial charge in [-0.25, -0.2) is 13.8 Å². The number of carbonyl (C=O) groups is 1. The number of nitrogens with zero attached hydrogens (tertiary/aromatic N) is 3. The van der Waals surface area contributed by atoms with Crippen LogP contribution in [-0.4, -0.2) is 61.3 Å². The predicted molar refractivity (Wildman–Crippen MR) is 136 cm³/mol. The second kappa shape index (κ2) is 11.6. The molecule has 3 N–H and O–H groups in total. The Morgan fingerprint density at radius 2 is 1.86 bits per heavy atom. The maximum atomic E-state index is 13.8. The highest BCUT2D eigenvalue weighted by Crippen LogP contribution is 2.29. The first-order valence-corrected chi connectivity index (χ1v) is 12.2. The number of morpholine rings is 1. The lowest BCUT2D eigenvalue weighted by Crippen LogP contribution is -2.36. The van der Waals surface area contributed by atoms with Crippen molar-refractivity contribution in [1.29, 1.82) is 0 Å². The van der Waals surface area contributed by atoms with E-state index in [-0.39, 0.29) is 11.9 Å². The van der Waals surface area contributed by atoms with Gasteiger partial charge in [-0.2, -0.15) is 0 Å². The third-order valence-electron chi connectivity index (χ3n) is 5.99. The van der Waals surface area contributed by atoms with Crippen molar-refractivity contribution in [1.82, 2.24) is 20.6 Å². The van der Waals surface area contributed by atoms with Crippen LogP contribution in [0.5, 0.6) is 0 Å². The third kappa shape index (κ3) is 6.24. The molecule has 4 rings (SSSR count). The molecule has 0 saturated carbocycles. The average molecular weight is 499 g/mol. The molecule has 2 heterocycles. The maximum absolute atomic E-state index is 13.8. The molecule has 0 radical (unpaired) electrons. The highest BCUT2D eigenvalue weighted by Gasteiger charge is 2.20. The summed E-state index contributed by atoms with van der Waals surface area (Å²) in [4.78, 5) is 24.5. The monoisotopic (exact) mass is 498 g/mol. The van der Waals surface area contributed by atoms with Crippen LogP contribution in [0.25, 0.3) is 11.0 Å². The summed E-state index contributed by atoms with van der Waals surface area (Å²) in [5.41, 5.74) is 2.81. The van der Waals surface area contributed by atoms with E-state index >= 15 is 0 Å². The molecule has 0 bridgehead atoms. The fourth-order valence-corrected chi connectivity index (χ4v) is 4.09. The maximum Gasteiger partial charge on any atom is 0.251 e. The van der Waals surface area contributed by atoms with Crippen molar-refractivity contribution in [2.24, 2.45) is 0 Å². The van der Waals surface area contributed by atoms with Crippen LogP contribution < -0.4 is 20.9 Å². The van der Waals surface area contributed by atoms with Crippen LogP contribution in [0.15, 0.2) is 36.5 Å². The van der Waals surface area contributed by atoms with Crippen molar-refractivity contribution in [2.75, 3.05) is 49.6 Å². The minimum Gasteiger partial charge on any atom is -0.378 e. The summed E-state index contributed by atoms with van der Waals surface area (Å²) in [6.45, 7) is 9.76. The molecule has 1 amide bonds. The summed E-state index contributed by atoms with van der Waals surface area (Å²) in [5, 5.41) is 9.39. The van der Waals surface area contributed by atoms with Gasteiger partial charge in [-0.15, -0.1) is 0 Å². The second-order valence-corrected chi connectivity index (χ2v) is 9.12. The number of aromatic nitrogens is 2. The van der Waals surface area contributed by atoms with E-state index in [0.717, 1.165) is 23.5 Å². The lowest BCUT2D eigenvalue weighted by molar-refractivity contribution is 0.0953. The van der Waals surface area contributed by atoms with E-state index in [1.807, 2.05) is 20.8 Å². The van der Waals surface area contributed by atoms with Crippen LogP contribution >= 0.6 is 0 Å². The Bertz CT molecular complexity index is 1220. The van der Waals surface area contributed by atoms with E-state index < -0.39 is 11.6 Å². The van der Waals surface area contributed by atoms with Crippen LogP contribution in [0.1, 0.15) is 42.7 Å². The van der Waals surface area contributed by atoms with Crippen molar-refractivity contribution in [3.05, 3.63) is 59.3 Å². The molecular weight excluding hydrogens is 466 g/mol. The molecule has 36 heavy (non-hydrogen) atoms. The summed E-state index contributed by atoms with van der Waals surface area (Å²) in [5.74, 6) is -1.34. The molecule has 0 spiro atoms. The molecule has 1 aromatic heterocycles. The predicted octanol–water partition coefficient (Wildman–Crippen LogP) is 3.65. The zero-order chi connectivity index (χ0) is 25.7. The van der Waals surface area contributed by atoms with Crippen LogP contribution in [0.3, 0.4) is 0 Å².